The van der Waals surface area contributed by atoms with E-state index >= 15 is 0 Å². The summed E-state index contributed by atoms with van der Waals surface area (Å²) >= 11 is 12.0. The zero-order valence-electron chi connectivity index (χ0n) is 15.4. The Balaban J connectivity index is 1.56. The molecular weight excluding hydrogens is 397 g/mol. The molecule has 5 nitrogen and oxygen atoms in total. The van der Waals surface area contributed by atoms with Crippen molar-refractivity contribution in [3.05, 3.63) is 58.1 Å². The largest absolute Gasteiger partial charge is 0.376 e. The van der Waals surface area contributed by atoms with Gasteiger partial charge >= 0.3 is 0 Å². The molecule has 0 aliphatic heterocycles. The molecule has 1 aliphatic rings. The highest BCUT2D eigenvalue weighted by Crippen LogP contribution is 2.23. The number of anilines is 2. The maximum absolute atomic E-state index is 12.6. The van der Waals surface area contributed by atoms with Crippen LogP contribution in [0.15, 0.2) is 42.5 Å². The summed E-state index contributed by atoms with van der Waals surface area (Å²) in [6.07, 6.45) is 5.52. The van der Waals surface area contributed by atoms with Gasteiger partial charge in [0, 0.05) is 22.4 Å². The third kappa shape index (κ3) is 5.88. The summed E-state index contributed by atoms with van der Waals surface area (Å²) in [6.45, 7) is 0.0634. The molecule has 2 aromatic rings. The molecule has 3 rings (SSSR count). The smallest absolute Gasteiger partial charge is 0.253 e. The molecule has 1 fully saturated rings. The summed E-state index contributed by atoms with van der Waals surface area (Å²) in [5.74, 6) is -0.378. The van der Waals surface area contributed by atoms with E-state index in [9.17, 15) is 9.59 Å². The number of halogens is 2. The lowest BCUT2D eigenvalue weighted by molar-refractivity contribution is -0.114. The second-order valence-electron chi connectivity index (χ2n) is 6.91. The maximum Gasteiger partial charge on any atom is 0.253 e. The van der Waals surface area contributed by atoms with Crippen LogP contribution >= 0.6 is 23.2 Å². The molecule has 0 heterocycles. The highest BCUT2D eigenvalue weighted by Gasteiger charge is 2.18. The van der Waals surface area contributed by atoms with Gasteiger partial charge in [-0.05, 0) is 55.3 Å². The average Bonchev–Trinajstić information content (AvgIpc) is 2.70. The van der Waals surface area contributed by atoms with Crippen molar-refractivity contribution in [3.63, 3.8) is 0 Å². The normalized spacial score (nSPS) is 14.4. The number of nitrogens with one attached hydrogen (secondary N) is 3. The molecule has 0 aromatic heterocycles. The third-order valence-corrected chi connectivity index (χ3v) is 5.31. The number of rotatable bonds is 6. The number of amides is 2. The van der Waals surface area contributed by atoms with E-state index in [1.165, 1.54) is 6.42 Å². The van der Waals surface area contributed by atoms with Gasteiger partial charge < -0.3 is 16.0 Å². The van der Waals surface area contributed by atoms with E-state index in [1.807, 2.05) is 0 Å². The van der Waals surface area contributed by atoms with E-state index < -0.39 is 0 Å². The summed E-state index contributed by atoms with van der Waals surface area (Å²) in [5.41, 5.74) is 1.74. The molecular formula is C21H23Cl2N3O2. The van der Waals surface area contributed by atoms with E-state index in [2.05, 4.69) is 16.0 Å². The van der Waals surface area contributed by atoms with Crippen molar-refractivity contribution < 1.29 is 9.59 Å². The van der Waals surface area contributed by atoms with Crippen molar-refractivity contribution in [1.29, 1.82) is 0 Å². The van der Waals surface area contributed by atoms with Gasteiger partial charge in [-0.3, -0.25) is 9.59 Å². The Labute approximate surface area is 174 Å². The summed E-state index contributed by atoms with van der Waals surface area (Å²) in [6, 6.07) is 12.2. The number of hydrogen-bond acceptors (Lipinski definition) is 3. The van der Waals surface area contributed by atoms with Gasteiger partial charge in [0.2, 0.25) is 5.91 Å². The first kappa shape index (κ1) is 20.5. The van der Waals surface area contributed by atoms with Crippen LogP contribution in [0.2, 0.25) is 10.0 Å². The van der Waals surface area contributed by atoms with Crippen molar-refractivity contribution in [2.75, 3.05) is 17.2 Å². The van der Waals surface area contributed by atoms with Gasteiger partial charge in [0.1, 0.15) is 0 Å². The van der Waals surface area contributed by atoms with E-state index in [1.54, 1.807) is 42.5 Å². The van der Waals surface area contributed by atoms with Crippen molar-refractivity contribution in [1.82, 2.24) is 5.32 Å². The van der Waals surface area contributed by atoms with Crippen molar-refractivity contribution in [3.8, 4) is 0 Å². The molecule has 7 heteroatoms. The molecule has 2 aromatic carbocycles. The van der Waals surface area contributed by atoms with Crippen LogP contribution in [-0.2, 0) is 4.79 Å². The third-order valence-electron chi connectivity index (χ3n) is 4.73. The zero-order valence-corrected chi connectivity index (χ0v) is 16.9. The second kappa shape index (κ2) is 9.80. The lowest BCUT2D eigenvalue weighted by atomic mass is 9.95. The minimum atomic E-state index is -0.203. The quantitative estimate of drug-likeness (QED) is 0.609. The minimum Gasteiger partial charge on any atom is -0.376 e. The number of hydrogen-bond donors (Lipinski definition) is 3. The molecule has 148 valence electrons. The average molecular weight is 420 g/mol. The minimum absolute atomic E-state index is 0.0634. The van der Waals surface area contributed by atoms with E-state index in [-0.39, 0.29) is 24.4 Å². The van der Waals surface area contributed by atoms with Crippen LogP contribution in [-0.4, -0.2) is 24.4 Å². The van der Waals surface area contributed by atoms with Crippen molar-refractivity contribution >= 4 is 46.4 Å². The summed E-state index contributed by atoms with van der Waals surface area (Å²) in [4.78, 5) is 24.7. The lowest BCUT2D eigenvalue weighted by Gasteiger charge is -2.23. The van der Waals surface area contributed by atoms with Crippen molar-refractivity contribution in [2.24, 2.45) is 0 Å². The predicted octanol–water partition coefficient (Wildman–Crippen LogP) is 5.11. The SMILES string of the molecule is O=C(CNc1ccc(Cl)c(C(=O)NC2CCCCC2)c1)Nc1ccc(Cl)cc1. The molecule has 0 radical (unpaired) electrons. The topological polar surface area (TPSA) is 70.2 Å². The molecule has 0 atom stereocenters. The number of carbonyl (C=O) groups is 2. The fourth-order valence-electron chi connectivity index (χ4n) is 3.24. The van der Waals surface area contributed by atoms with Gasteiger partial charge in [-0.1, -0.05) is 42.5 Å². The van der Waals surface area contributed by atoms with Gasteiger partial charge in [0.05, 0.1) is 17.1 Å². The Hall–Kier alpha value is -2.24. The number of benzene rings is 2. The standard InChI is InChI=1S/C21H23Cl2N3O2/c22-14-6-8-16(9-7-14)25-20(27)13-24-17-10-11-19(23)18(12-17)21(28)26-15-4-2-1-3-5-15/h6-12,15,24H,1-5,13H2,(H,25,27)(H,26,28). The molecule has 2 amide bonds. The van der Waals surface area contributed by atoms with Gasteiger partial charge in [0.25, 0.3) is 5.91 Å². The van der Waals surface area contributed by atoms with Crippen molar-refractivity contribution in [2.45, 2.75) is 38.1 Å². The highest BCUT2D eigenvalue weighted by molar-refractivity contribution is 6.34. The molecule has 3 N–H and O–H groups in total. The molecule has 0 saturated heterocycles. The Bertz CT molecular complexity index is 834. The van der Waals surface area contributed by atoms with Crippen LogP contribution in [0.4, 0.5) is 11.4 Å². The Morgan fingerprint density at radius 3 is 2.32 bits per heavy atom. The Kier molecular flexibility index (Phi) is 7.18. The molecule has 28 heavy (non-hydrogen) atoms. The first-order valence-electron chi connectivity index (χ1n) is 9.41. The van der Waals surface area contributed by atoms with Crippen LogP contribution in [0.3, 0.4) is 0 Å². The highest BCUT2D eigenvalue weighted by atomic mass is 35.5. The molecule has 1 saturated carbocycles. The van der Waals surface area contributed by atoms with Gasteiger partial charge in [-0.2, -0.15) is 0 Å². The van der Waals surface area contributed by atoms with Gasteiger partial charge in [0.15, 0.2) is 0 Å². The molecule has 1 aliphatic carbocycles. The van der Waals surface area contributed by atoms with E-state index in [0.717, 1.165) is 25.7 Å². The predicted molar refractivity (Wildman–Crippen MR) is 114 cm³/mol. The monoisotopic (exact) mass is 419 g/mol. The Morgan fingerprint density at radius 2 is 1.61 bits per heavy atom. The van der Waals surface area contributed by atoms with E-state index in [4.69, 9.17) is 23.2 Å². The fraction of sp³-hybridized carbons (Fsp3) is 0.333. The molecule has 0 bridgehead atoms. The molecule has 0 spiro atoms. The first-order chi connectivity index (χ1) is 13.5. The summed E-state index contributed by atoms with van der Waals surface area (Å²) in [7, 11) is 0. The molecule has 0 unspecified atom stereocenters. The number of carbonyl (C=O) groups excluding carboxylic acids is 2. The maximum atomic E-state index is 12.6. The summed E-state index contributed by atoms with van der Waals surface area (Å²) in [5, 5.41) is 9.87. The fourth-order valence-corrected chi connectivity index (χ4v) is 3.57. The van der Waals surface area contributed by atoms with E-state index in [0.29, 0.717) is 27.0 Å². The lowest BCUT2D eigenvalue weighted by Crippen LogP contribution is -2.36. The van der Waals surface area contributed by atoms with Crippen LogP contribution in [0.1, 0.15) is 42.5 Å². The second-order valence-corrected chi connectivity index (χ2v) is 7.76. The van der Waals surface area contributed by atoms with Crippen LogP contribution < -0.4 is 16.0 Å². The van der Waals surface area contributed by atoms with Crippen LogP contribution in [0, 0.1) is 0 Å². The van der Waals surface area contributed by atoms with Crippen LogP contribution in [0.25, 0.3) is 0 Å². The van der Waals surface area contributed by atoms with Gasteiger partial charge in [-0.15, -0.1) is 0 Å². The Morgan fingerprint density at radius 1 is 0.929 bits per heavy atom. The first-order valence-corrected chi connectivity index (χ1v) is 10.2. The van der Waals surface area contributed by atoms with Crippen LogP contribution in [0.5, 0.6) is 0 Å². The van der Waals surface area contributed by atoms with Gasteiger partial charge in [-0.25, -0.2) is 0 Å². The zero-order chi connectivity index (χ0) is 19.9. The summed E-state index contributed by atoms with van der Waals surface area (Å²) < 4.78 is 0.